The molecule has 2 heterocycles. The van der Waals surface area contributed by atoms with Gasteiger partial charge in [-0.25, -0.2) is 0 Å². The van der Waals surface area contributed by atoms with Gasteiger partial charge >= 0.3 is 0 Å². The summed E-state index contributed by atoms with van der Waals surface area (Å²) in [5, 5.41) is 12.1. The van der Waals surface area contributed by atoms with Crippen LogP contribution < -0.4 is 10.1 Å². The lowest BCUT2D eigenvalue weighted by Gasteiger charge is -2.08. The van der Waals surface area contributed by atoms with E-state index < -0.39 is 0 Å². The second-order valence-electron chi connectivity index (χ2n) is 7.03. The van der Waals surface area contributed by atoms with Gasteiger partial charge < -0.3 is 10.1 Å². The van der Waals surface area contributed by atoms with E-state index in [1.807, 2.05) is 48.3 Å². The first-order valence-corrected chi connectivity index (χ1v) is 10.3. The van der Waals surface area contributed by atoms with Crippen LogP contribution in [-0.2, 0) is 19.7 Å². The standard InChI is InChI=1S/C23H22ClN5O2/c1-2-28-13-18(11-25-28)14-29-15-21(12-26-29)27-23(30)19-8-6-17(7-9-19)16-31-22-5-3-4-20(24)10-22/h3-13,15H,2,14,16H2,1H3,(H,27,30). The van der Waals surface area contributed by atoms with Crippen LogP contribution >= 0.6 is 11.6 Å². The molecular weight excluding hydrogens is 414 g/mol. The summed E-state index contributed by atoms with van der Waals surface area (Å²) in [6.45, 7) is 3.85. The predicted molar refractivity (Wildman–Crippen MR) is 119 cm³/mol. The second-order valence-corrected chi connectivity index (χ2v) is 7.46. The van der Waals surface area contributed by atoms with Gasteiger partial charge in [0.1, 0.15) is 12.4 Å². The van der Waals surface area contributed by atoms with Crippen molar-refractivity contribution in [3.8, 4) is 5.75 Å². The molecule has 8 heteroatoms. The van der Waals surface area contributed by atoms with Gasteiger partial charge in [0, 0.05) is 35.1 Å². The van der Waals surface area contributed by atoms with Gasteiger partial charge in [0.05, 0.1) is 24.6 Å². The molecule has 0 unspecified atom stereocenters. The number of carbonyl (C=O) groups excluding carboxylic acids is 1. The quantitative estimate of drug-likeness (QED) is 0.437. The van der Waals surface area contributed by atoms with E-state index in [0.29, 0.717) is 35.2 Å². The molecule has 0 radical (unpaired) electrons. The van der Waals surface area contributed by atoms with E-state index in [2.05, 4.69) is 15.5 Å². The van der Waals surface area contributed by atoms with Crippen LogP contribution in [0.3, 0.4) is 0 Å². The maximum absolute atomic E-state index is 12.5. The van der Waals surface area contributed by atoms with E-state index in [1.165, 1.54) is 0 Å². The molecule has 2 aromatic carbocycles. The Balaban J connectivity index is 1.31. The summed E-state index contributed by atoms with van der Waals surface area (Å²) in [4.78, 5) is 12.5. The number of nitrogens with zero attached hydrogens (tertiary/aromatic N) is 4. The molecule has 158 valence electrons. The number of aryl methyl sites for hydroxylation is 1. The van der Waals surface area contributed by atoms with Gasteiger partial charge in [-0.3, -0.25) is 14.2 Å². The van der Waals surface area contributed by atoms with Crippen LogP contribution in [-0.4, -0.2) is 25.5 Å². The molecule has 0 bridgehead atoms. The minimum Gasteiger partial charge on any atom is -0.489 e. The highest BCUT2D eigenvalue weighted by Gasteiger charge is 2.09. The Bertz CT molecular complexity index is 1170. The van der Waals surface area contributed by atoms with Crippen molar-refractivity contribution in [1.82, 2.24) is 19.6 Å². The summed E-state index contributed by atoms with van der Waals surface area (Å²) in [6.07, 6.45) is 7.24. The smallest absolute Gasteiger partial charge is 0.255 e. The van der Waals surface area contributed by atoms with Crippen LogP contribution in [0.4, 0.5) is 5.69 Å². The highest BCUT2D eigenvalue weighted by Crippen LogP contribution is 2.19. The predicted octanol–water partition coefficient (Wildman–Crippen LogP) is 4.63. The van der Waals surface area contributed by atoms with Crippen molar-refractivity contribution >= 4 is 23.2 Å². The minimum atomic E-state index is -0.194. The molecule has 0 aliphatic heterocycles. The number of aromatic nitrogens is 4. The number of ether oxygens (including phenoxy) is 1. The molecule has 0 atom stereocenters. The number of nitrogens with one attached hydrogen (secondary N) is 1. The van der Waals surface area contributed by atoms with Crippen LogP contribution in [0.2, 0.25) is 5.02 Å². The van der Waals surface area contributed by atoms with Gasteiger partial charge in [-0.2, -0.15) is 10.2 Å². The lowest BCUT2D eigenvalue weighted by atomic mass is 10.1. The third-order valence-corrected chi connectivity index (χ3v) is 4.90. The average molecular weight is 436 g/mol. The number of hydrogen-bond acceptors (Lipinski definition) is 4. The number of anilines is 1. The van der Waals surface area contributed by atoms with Gasteiger partial charge in [-0.05, 0) is 42.8 Å². The number of halogens is 1. The first-order chi connectivity index (χ1) is 15.1. The van der Waals surface area contributed by atoms with E-state index in [-0.39, 0.29) is 5.91 Å². The summed E-state index contributed by atoms with van der Waals surface area (Å²) in [5.41, 5.74) is 3.21. The number of amides is 1. The molecule has 0 saturated carbocycles. The van der Waals surface area contributed by atoms with Crippen molar-refractivity contribution in [3.63, 3.8) is 0 Å². The molecular formula is C23H22ClN5O2. The number of rotatable bonds is 8. The van der Waals surface area contributed by atoms with Gasteiger partial charge in [0.15, 0.2) is 0 Å². The Morgan fingerprint density at radius 3 is 2.58 bits per heavy atom. The molecule has 1 N–H and O–H groups in total. The van der Waals surface area contributed by atoms with Crippen molar-refractivity contribution in [2.45, 2.75) is 26.6 Å². The number of benzene rings is 2. The molecule has 31 heavy (non-hydrogen) atoms. The Hall–Kier alpha value is -3.58. The van der Waals surface area contributed by atoms with Crippen molar-refractivity contribution in [2.24, 2.45) is 0 Å². The zero-order valence-corrected chi connectivity index (χ0v) is 17.8. The molecule has 0 spiro atoms. The third-order valence-electron chi connectivity index (χ3n) is 4.66. The average Bonchev–Trinajstić information content (AvgIpc) is 3.42. The van der Waals surface area contributed by atoms with Gasteiger partial charge in [-0.15, -0.1) is 0 Å². The summed E-state index contributed by atoms with van der Waals surface area (Å²) in [5.74, 6) is 0.508. The number of carbonyl (C=O) groups is 1. The molecule has 0 fully saturated rings. The second kappa shape index (κ2) is 9.49. The fraction of sp³-hybridized carbons (Fsp3) is 0.174. The summed E-state index contributed by atoms with van der Waals surface area (Å²) in [7, 11) is 0. The van der Waals surface area contributed by atoms with Crippen molar-refractivity contribution in [3.05, 3.63) is 95.0 Å². The molecule has 4 rings (SSSR count). The van der Waals surface area contributed by atoms with Gasteiger partial charge in [0.25, 0.3) is 5.91 Å². The summed E-state index contributed by atoms with van der Waals surface area (Å²) >= 11 is 5.96. The van der Waals surface area contributed by atoms with Crippen molar-refractivity contribution in [1.29, 1.82) is 0 Å². The van der Waals surface area contributed by atoms with Crippen LogP contribution in [0.25, 0.3) is 0 Å². The van der Waals surface area contributed by atoms with E-state index in [0.717, 1.165) is 17.7 Å². The largest absolute Gasteiger partial charge is 0.489 e. The summed E-state index contributed by atoms with van der Waals surface area (Å²) < 4.78 is 9.36. The topological polar surface area (TPSA) is 74.0 Å². The summed E-state index contributed by atoms with van der Waals surface area (Å²) in [6, 6.07) is 14.5. The van der Waals surface area contributed by atoms with Crippen LogP contribution in [0.15, 0.2) is 73.3 Å². The SMILES string of the molecule is CCn1cc(Cn2cc(NC(=O)c3ccc(COc4cccc(Cl)c4)cc3)cn2)cn1. The van der Waals surface area contributed by atoms with E-state index in [1.54, 1.807) is 41.3 Å². The molecule has 1 amide bonds. The maximum Gasteiger partial charge on any atom is 0.255 e. The Morgan fingerprint density at radius 1 is 1.03 bits per heavy atom. The van der Waals surface area contributed by atoms with E-state index in [4.69, 9.17) is 16.3 Å². The monoisotopic (exact) mass is 435 g/mol. The number of hydrogen-bond donors (Lipinski definition) is 1. The Kier molecular flexibility index (Phi) is 6.33. The first-order valence-electron chi connectivity index (χ1n) is 9.91. The lowest BCUT2D eigenvalue weighted by Crippen LogP contribution is -2.11. The first kappa shape index (κ1) is 20.7. The van der Waals surface area contributed by atoms with Crippen LogP contribution in [0, 0.1) is 0 Å². The van der Waals surface area contributed by atoms with Crippen molar-refractivity contribution in [2.75, 3.05) is 5.32 Å². The maximum atomic E-state index is 12.5. The van der Waals surface area contributed by atoms with Crippen LogP contribution in [0.5, 0.6) is 5.75 Å². The normalized spacial score (nSPS) is 10.8. The lowest BCUT2D eigenvalue weighted by molar-refractivity contribution is 0.102. The van der Waals surface area contributed by atoms with E-state index >= 15 is 0 Å². The highest BCUT2D eigenvalue weighted by atomic mass is 35.5. The van der Waals surface area contributed by atoms with E-state index in [9.17, 15) is 4.79 Å². The third kappa shape index (κ3) is 5.52. The molecule has 0 aliphatic carbocycles. The van der Waals surface area contributed by atoms with Crippen molar-refractivity contribution < 1.29 is 9.53 Å². The van der Waals surface area contributed by atoms with Gasteiger partial charge in [0.2, 0.25) is 0 Å². The highest BCUT2D eigenvalue weighted by molar-refractivity contribution is 6.30. The van der Waals surface area contributed by atoms with Crippen LogP contribution in [0.1, 0.15) is 28.4 Å². The molecule has 0 aliphatic rings. The Morgan fingerprint density at radius 2 is 1.84 bits per heavy atom. The fourth-order valence-electron chi connectivity index (χ4n) is 3.04. The molecule has 0 saturated heterocycles. The molecule has 2 aromatic heterocycles. The zero-order valence-electron chi connectivity index (χ0n) is 17.0. The fourth-order valence-corrected chi connectivity index (χ4v) is 3.22. The molecule has 7 nitrogen and oxygen atoms in total. The minimum absolute atomic E-state index is 0.194. The Labute approximate surface area is 185 Å². The molecule has 4 aromatic rings. The van der Waals surface area contributed by atoms with Gasteiger partial charge in [-0.1, -0.05) is 29.8 Å². The zero-order chi connectivity index (χ0) is 21.6.